The van der Waals surface area contributed by atoms with E-state index in [-0.39, 0.29) is 24.9 Å². The van der Waals surface area contributed by atoms with Gasteiger partial charge in [-0.3, -0.25) is 19.5 Å². The van der Waals surface area contributed by atoms with Crippen molar-refractivity contribution < 1.29 is 24.5 Å². The van der Waals surface area contributed by atoms with E-state index in [2.05, 4.69) is 14.9 Å². The minimum atomic E-state index is -1.20. The Morgan fingerprint density at radius 1 is 1.00 bits per heavy atom. The summed E-state index contributed by atoms with van der Waals surface area (Å²) < 4.78 is 5.60. The molecule has 2 saturated heterocycles. The second kappa shape index (κ2) is 12.3. The van der Waals surface area contributed by atoms with Gasteiger partial charge in [-0.1, -0.05) is 12.5 Å². The van der Waals surface area contributed by atoms with E-state index in [1.807, 2.05) is 42.6 Å². The molecule has 9 heteroatoms. The summed E-state index contributed by atoms with van der Waals surface area (Å²) in [6, 6.07) is 11.6. The number of nitrogens with one attached hydrogen (secondary N) is 1. The monoisotopic (exact) mass is 534 g/mol. The van der Waals surface area contributed by atoms with Crippen LogP contribution in [-0.4, -0.2) is 86.9 Å². The molecule has 3 N–H and O–H groups in total. The average Bonchev–Trinajstić information content (AvgIpc) is 3.44. The van der Waals surface area contributed by atoms with Gasteiger partial charge in [-0.15, -0.1) is 0 Å². The number of likely N-dealkylation sites (tertiary alicyclic amines) is 1. The molecule has 2 fully saturated rings. The fraction of sp³-hybridized carbons (Fsp3) is 0.500. The molecule has 0 radical (unpaired) electrons. The van der Waals surface area contributed by atoms with Crippen LogP contribution in [0.4, 0.5) is 0 Å². The molecule has 0 unspecified atom stereocenters. The number of hydrogen-bond donors (Lipinski definition) is 3. The fourth-order valence-electron chi connectivity index (χ4n) is 5.79. The number of H-pyrrole nitrogens is 1. The molecule has 1 aromatic carbocycles. The molecule has 2 atom stereocenters. The predicted molar refractivity (Wildman–Crippen MR) is 147 cm³/mol. The van der Waals surface area contributed by atoms with Crippen molar-refractivity contribution in [2.45, 2.75) is 57.3 Å². The van der Waals surface area contributed by atoms with Crippen LogP contribution in [0.3, 0.4) is 0 Å². The molecule has 2 aliphatic rings. The number of esters is 1. The minimum absolute atomic E-state index is 0.102. The molecule has 0 bridgehead atoms. The van der Waals surface area contributed by atoms with Crippen molar-refractivity contribution in [2.75, 3.05) is 32.8 Å². The number of piperidine rings is 1. The van der Waals surface area contributed by atoms with Crippen LogP contribution in [0.15, 0.2) is 55.0 Å². The van der Waals surface area contributed by atoms with Gasteiger partial charge in [-0.05, 0) is 86.5 Å². The number of carbonyl (C=O) groups is 2. The Morgan fingerprint density at radius 2 is 1.79 bits per heavy atom. The molecule has 2 aliphatic heterocycles. The maximum atomic E-state index is 13.5. The summed E-state index contributed by atoms with van der Waals surface area (Å²) in [5.74, 6) is -0.390. The first-order valence-electron chi connectivity index (χ1n) is 13.9. The third kappa shape index (κ3) is 6.49. The van der Waals surface area contributed by atoms with Crippen molar-refractivity contribution in [3.63, 3.8) is 0 Å². The smallest absolute Gasteiger partial charge is 0.312 e. The van der Waals surface area contributed by atoms with Gasteiger partial charge >= 0.3 is 5.97 Å². The quantitative estimate of drug-likeness (QED) is 0.442. The van der Waals surface area contributed by atoms with Gasteiger partial charge in [-0.2, -0.15) is 0 Å². The molecule has 2 aromatic heterocycles. The Hall–Kier alpha value is -3.27. The Bertz CT molecular complexity index is 1250. The van der Waals surface area contributed by atoms with Crippen LogP contribution in [0.2, 0.25) is 0 Å². The molecule has 0 aliphatic carbocycles. The number of aliphatic hydroxyl groups is 2. The Kier molecular flexibility index (Phi) is 8.60. The van der Waals surface area contributed by atoms with Crippen LogP contribution in [0.25, 0.3) is 10.9 Å². The average molecular weight is 535 g/mol. The second-order valence-electron chi connectivity index (χ2n) is 11.0. The molecule has 5 rings (SSSR count). The highest BCUT2D eigenvalue weighted by Gasteiger charge is 2.42. The first-order valence-corrected chi connectivity index (χ1v) is 13.9. The van der Waals surface area contributed by atoms with Crippen molar-refractivity contribution in [2.24, 2.45) is 5.41 Å². The van der Waals surface area contributed by atoms with Crippen molar-refractivity contribution in [1.29, 1.82) is 0 Å². The van der Waals surface area contributed by atoms with Crippen LogP contribution in [0.1, 0.15) is 54.4 Å². The largest absolute Gasteiger partial charge is 0.462 e. The number of aromatic nitrogens is 2. The number of fused-ring (bicyclic) bond motifs is 1. The fourth-order valence-corrected chi connectivity index (χ4v) is 5.79. The lowest BCUT2D eigenvalue weighted by atomic mass is 9.74. The number of ether oxygens (including phenoxy) is 1. The maximum Gasteiger partial charge on any atom is 0.312 e. The number of cyclic esters (lactones) is 1. The summed E-state index contributed by atoms with van der Waals surface area (Å²) in [5, 5.41) is 22.2. The van der Waals surface area contributed by atoms with Gasteiger partial charge in [0.2, 0.25) is 0 Å². The zero-order valence-electron chi connectivity index (χ0n) is 22.3. The van der Waals surface area contributed by atoms with Crippen LogP contribution in [0.5, 0.6) is 0 Å². The van der Waals surface area contributed by atoms with E-state index in [0.717, 1.165) is 43.4 Å². The molecule has 4 heterocycles. The van der Waals surface area contributed by atoms with E-state index in [0.29, 0.717) is 37.9 Å². The number of hydrogen-bond acceptors (Lipinski definition) is 7. The van der Waals surface area contributed by atoms with Crippen LogP contribution >= 0.6 is 0 Å². The predicted octanol–water partition coefficient (Wildman–Crippen LogP) is 3.13. The van der Waals surface area contributed by atoms with Crippen molar-refractivity contribution >= 4 is 22.8 Å². The van der Waals surface area contributed by atoms with Crippen LogP contribution in [0, 0.1) is 5.41 Å². The zero-order valence-corrected chi connectivity index (χ0v) is 22.3. The van der Waals surface area contributed by atoms with Crippen molar-refractivity contribution in [1.82, 2.24) is 19.8 Å². The Labute approximate surface area is 228 Å². The summed E-state index contributed by atoms with van der Waals surface area (Å²) in [4.78, 5) is 38.1. The van der Waals surface area contributed by atoms with Crippen molar-refractivity contribution in [3.05, 3.63) is 66.1 Å². The summed E-state index contributed by atoms with van der Waals surface area (Å²) in [6.45, 7) is 2.93. The SMILES string of the molecule is O=C(c1ccc2cc[nH]c2c1)N1CCCCC2(CCN(Cc3ccncc3)CC2)C(=O)OC[C@@H](O)[C@@H](O)CC1. The number of amides is 1. The Morgan fingerprint density at radius 3 is 2.59 bits per heavy atom. The lowest BCUT2D eigenvalue weighted by Gasteiger charge is -2.40. The highest BCUT2D eigenvalue weighted by atomic mass is 16.5. The maximum absolute atomic E-state index is 13.5. The van der Waals surface area contributed by atoms with Gasteiger partial charge in [0.1, 0.15) is 12.7 Å². The van der Waals surface area contributed by atoms with Gasteiger partial charge in [-0.25, -0.2) is 0 Å². The Balaban J connectivity index is 1.27. The lowest BCUT2D eigenvalue weighted by molar-refractivity contribution is -0.165. The molecule has 1 amide bonds. The molecule has 39 heavy (non-hydrogen) atoms. The number of nitrogens with zero attached hydrogens (tertiary/aromatic N) is 3. The first-order chi connectivity index (χ1) is 18.9. The number of rotatable bonds is 3. The summed E-state index contributed by atoms with van der Waals surface area (Å²) >= 11 is 0. The number of carbonyl (C=O) groups excluding carboxylic acids is 2. The third-order valence-corrected chi connectivity index (χ3v) is 8.35. The molecule has 3 aromatic rings. The van der Waals surface area contributed by atoms with E-state index in [9.17, 15) is 19.8 Å². The summed E-state index contributed by atoms with van der Waals surface area (Å²) in [6.07, 6.45) is 6.87. The normalized spacial score (nSPS) is 23.5. The van der Waals surface area contributed by atoms with E-state index in [1.165, 1.54) is 5.56 Å². The van der Waals surface area contributed by atoms with E-state index >= 15 is 0 Å². The third-order valence-electron chi connectivity index (χ3n) is 8.35. The van der Waals surface area contributed by atoms with E-state index < -0.39 is 17.6 Å². The van der Waals surface area contributed by atoms with E-state index in [1.54, 1.807) is 17.3 Å². The van der Waals surface area contributed by atoms with Gasteiger partial charge in [0.25, 0.3) is 5.91 Å². The van der Waals surface area contributed by atoms with Gasteiger partial charge < -0.3 is 24.8 Å². The number of benzene rings is 1. The van der Waals surface area contributed by atoms with Gasteiger partial charge in [0, 0.05) is 49.3 Å². The second-order valence-corrected chi connectivity index (χ2v) is 11.0. The first kappa shape index (κ1) is 27.3. The van der Waals surface area contributed by atoms with Crippen LogP contribution in [-0.2, 0) is 16.1 Å². The molecular formula is C30H38N4O5. The van der Waals surface area contributed by atoms with Gasteiger partial charge in [0.15, 0.2) is 0 Å². The van der Waals surface area contributed by atoms with Gasteiger partial charge in [0.05, 0.1) is 11.5 Å². The molecule has 0 saturated carbocycles. The molecule has 1 spiro atoms. The van der Waals surface area contributed by atoms with Crippen molar-refractivity contribution in [3.8, 4) is 0 Å². The number of aromatic amines is 1. The number of aliphatic hydroxyl groups excluding tert-OH is 2. The highest BCUT2D eigenvalue weighted by molar-refractivity contribution is 5.97. The zero-order chi connectivity index (χ0) is 27.2. The topological polar surface area (TPSA) is 119 Å². The van der Waals surface area contributed by atoms with Crippen LogP contribution < -0.4 is 0 Å². The highest BCUT2D eigenvalue weighted by Crippen LogP contribution is 2.38. The minimum Gasteiger partial charge on any atom is -0.462 e. The summed E-state index contributed by atoms with van der Waals surface area (Å²) in [7, 11) is 0. The standard InChI is InChI=1S/C30H38N4O5/c35-26-8-16-34(28(37)24-4-3-23-7-14-32-25(23)19-24)15-2-1-9-30(29(38)39-21-27(26)36)10-17-33(18-11-30)20-22-5-12-31-13-6-22/h3-7,12-14,19,26-27,32,35-36H,1-2,8-11,15-18,20-21H2/t26-,27+/m0/s1. The molecular weight excluding hydrogens is 496 g/mol. The number of pyridine rings is 1. The van der Waals surface area contributed by atoms with E-state index in [4.69, 9.17) is 4.74 Å². The molecule has 208 valence electrons. The summed E-state index contributed by atoms with van der Waals surface area (Å²) in [5.41, 5.74) is 2.05. The lowest BCUT2D eigenvalue weighted by Crippen LogP contribution is -2.45. The molecule has 9 nitrogen and oxygen atoms in total.